The van der Waals surface area contributed by atoms with Crippen LogP contribution in [0.15, 0.2) is 12.3 Å². The van der Waals surface area contributed by atoms with Gasteiger partial charge in [-0.15, -0.1) is 0 Å². The second-order valence-electron chi connectivity index (χ2n) is 2.54. The summed E-state index contributed by atoms with van der Waals surface area (Å²) in [7, 11) is 0. The number of carbonyl (C=O) groups excluding carboxylic acids is 1. The van der Waals surface area contributed by atoms with Gasteiger partial charge in [0.2, 0.25) is 0 Å². The van der Waals surface area contributed by atoms with Gasteiger partial charge in [-0.05, 0) is 18.1 Å². The lowest BCUT2D eigenvalue weighted by molar-refractivity contribution is 0.100. The van der Waals surface area contributed by atoms with Crippen LogP contribution in [-0.4, -0.2) is 10.8 Å². The number of Topliss-reactive ketones (excluding diaryl/α,β-unsaturated/α-hetero) is 1. The van der Waals surface area contributed by atoms with Crippen molar-refractivity contribution < 1.29 is 9.18 Å². The Labute approximate surface area is 70.4 Å². The van der Waals surface area contributed by atoms with Gasteiger partial charge in [-0.3, -0.25) is 9.78 Å². The van der Waals surface area contributed by atoms with E-state index in [9.17, 15) is 9.18 Å². The number of aryl methyl sites for hydroxylation is 1. The molecule has 0 radical (unpaired) electrons. The van der Waals surface area contributed by atoms with Crippen molar-refractivity contribution in [2.75, 3.05) is 0 Å². The molecule has 0 fully saturated rings. The monoisotopic (exact) mass is 167 g/mol. The smallest absolute Gasteiger partial charge is 0.181 e. The molecule has 0 atom stereocenters. The summed E-state index contributed by atoms with van der Waals surface area (Å²) in [5.41, 5.74) is 0.476. The van der Waals surface area contributed by atoms with E-state index in [1.165, 1.54) is 13.1 Å². The minimum absolute atomic E-state index is 0.0608. The third-order valence-corrected chi connectivity index (χ3v) is 1.68. The van der Waals surface area contributed by atoms with E-state index in [1.807, 2.05) is 6.92 Å². The number of nitrogens with zero attached hydrogens (tertiary/aromatic N) is 1. The Balaban J connectivity index is 3.23. The van der Waals surface area contributed by atoms with E-state index in [4.69, 9.17) is 0 Å². The van der Waals surface area contributed by atoms with E-state index in [1.54, 1.807) is 6.07 Å². The molecular weight excluding hydrogens is 157 g/mol. The molecule has 0 aliphatic heterocycles. The molecule has 0 aliphatic carbocycles. The molecule has 0 bridgehead atoms. The molecule has 12 heavy (non-hydrogen) atoms. The summed E-state index contributed by atoms with van der Waals surface area (Å²) in [6, 6.07) is 1.59. The molecule has 0 unspecified atom stereocenters. The van der Waals surface area contributed by atoms with E-state index in [2.05, 4.69) is 4.98 Å². The van der Waals surface area contributed by atoms with Gasteiger partial charge in [0.05, 0.1) is 0 Å². The van der Waals surface area contributed by atoms with E-state index < -0.39 is 5.82 Å². The normalized spacial score (nSPS) is 9.92. The van der Waals surface area contributed by atoms with Gasteiger partial charge in [-0.2, -0.15) is 0 Å². The van der Waals surface area contributed by atoms with E-state index in [-0.39, 0.29) is 11.5 Å². The Morgan fingerprint density at radius 2 is 2.33 bits per heavy atom. The topological polar surface area (TPSA) is 30.0 Å². The molecule has 0 amide bonds. The number of halogens is 1. The van der Waals surface area contributed by atoms with E-state index >= 15 is 0 Å². The Hall–Kier alpha value is -1.25. The molecule has 1 aromatic heterocycles. The first-order chi connectivity index (χ1) is 5.66. The van der Waals surface area contributed by atoms with Crippen molar-refractivity contribution >= 4 is 5.78 Å². The number of pyridine rings is 1. The van der Waals surface area contributed by atoms with Crippen molar-refractivity contribution in [2.24, 2.45) is 0 Å². The van der Waals surface area contributed by atoms with E-state index in [0.29, 0.717) is 12.0 Å². The minimum atomic E-state index is -0.479. The van der Waals surface area contributed by atoms with Crippen LogP contribution < -0.4 is 0 Å². The Morgan fingerprint density at radius 3 is 2.83 bits per heavy atom. The molecule has 1 aromatic rings. The van der Waals surface area contributed by atoms with Gasteiger partial charge in [0.25, 0.3) is 0 Å². The number of ketones is 1. The van der Waals surface area contributed by atoms with Gasteiger partial charge >= 0.3 is 0 Å². The summed E-state index contributed by atoms with van der Waals surface area (Å²) < 4.78 is 13.2. The van der Waals surface area contributed by atoms with Crippen LogP contribution in [0.25, 0.3) is 0 Å². The number of rotatable bonds is 2. The second-order valence-corrected chi connectivity index (χ2v) is 2.54. The van der Waals surface area contributed by atoms with Crippen LogP contribution in [0.4, 0.5) is 4.39 Å². The number of hydrogen-bond donors (Lipinski definition) is 0. The van der Waals surface area contributed by atoms with Gasteiger partial charge in [0, 0.05) is 13.1 Å². The van der Waals surface area contributed by atoms with Gasteiger partial charge < -0.3 is 0 Å². The summed E-state index contributed by atoms with van der Waals surface area (Å²) in [6.45, 7) is 3.15. The lowest BCUT2D eigenvalue weighted by Gasteiger charge is -2.01. The van der Waals surface area contributed by atoms with Crippen molar-refractivity contribution in [3.8, 4) is 0 Å². The van der Waals surface area contributed by atoms with Gasteiger partial charge in [0.15, 0.2) is 11.6 Å². The minimum Gasteiger partial charge on any atom is -0.293 e. The van der Waals surface area contributed by atoms with E-state index in [0.717, 1.165) is 0 Å². The Kier molecular flexibility index (Phi) is 2.53. The Bertz CT molecular complexity index is 309. The molecule has 1 heterocycles. The first-order valence-electron chi connectivity index (χ1n) is 3.81. The number of hydrogen-bond acceptors (Lipinski definition) is 2. The van der Waals surface area contributed by atoms with Crippen LogP contribution in [0.1, 0.15) is 29.9 Å². The molecule has 0 saturated heterocycles. The average Bonchev–Trinajstić information content (AvgIpc) is 2.04. The summed E-state index contributed by atoms with van der Waals surface area (Å²) in [5, 5.41) is 0. The highest BCUT2D eigenvalue weighted by molar-refractivity contribution is 5.92. The fourth-order valence-corrected chi connectivity index (χ4v) is 1.00. The standard InChI is InChI=1S/C9H10FNO/c1-3-7-4-5-11-9(6(2)12)8(7)10/h4-5H,3H2,1-2H3. The molecule has 0 aromatic carbocycles. The maximum absolute atomic E-state index is 13.2. The lowest BCUT2D eigenvalue weighted by Crippen LogP contribution is -2.03. The highest BCUT2D eigenvalue weighted by Gasteiger charge is 2.11. The van der Waals surface area contributed by atoms with Crippen LogP contribution in [0, 0.1) is 5.82 Å². The molecule has 64 valence electrons. The summed E-state index contributed by atoms with van der Waals surface area (Å²) in [4.78, 5) is 14.5. The van der Waals surface area contributed by atoms with Crippen molar-refractivity contribution in [3.05, 3.63) is 29.3 Å². The molecule has 3 heteroatoms. The molecule has 0 N–H and O–H groups in total. The molecule has 0 spiro atoms. The number of carbonyl (C=O) groups is 1. The van der Waals surface area contributed by atoms with Crippen molar-refractivity contribution in [2.45, 2.75) is 20.3 Å². The largest absolute Gasteiger partial charge is 0.293 e. The van der Waals surface area contributed by atoms with Crippen molar-refractivity contribution in [1.29, 1.82) is 0 Å². The summed E-state index contributed by atoms with van der Waals surface area (Å²) in [5.74, 6) is -0.810. The highest BCUT2D eigenvalue weighted by atomic mass is 19.1. The van der Waals surface area contributed by atoms with Gasteiger partial charge in [-0.25, -0.2) is 4.39 Å². The van der Waals surface area contributed by atoms with Crippen molar-refractivity contribution in [3.63, 3.8) is 0 Å². The first-order valence-corrected chi connectivity index (χ1v) is 3.81. The van der Waals surface area contributed by atoms with Gasteiger partial charge in [-0.1, -0.05) is 6.92 Å². The van der Waals surface area contributed by atoms with Crippen LogP contribution in [0.2, 0.25) is 0 Å². The fourth-order valence-electron chi connectivity index (χ4n) is 1.00. The third kappa shape index (κ3) is 1.49. The Morgan fingerprint density at radius 1 is 1.67 bits per heavy atom. The van der Waals surface area contributed by atoms with Crippen LogP contribution in [0.5, 0.6) is 0 Å². The van der Waals surface area contributed by atoms with Crippen LogP contribution >= 0.6 is 0 Å². The zero-order valence-corrected chi connectivity index (χ0v) is 7.10. The molecule has 0 aliphatic rings. The van der Waals surface area contributed by atoms with Crippen LogP contribution in [0.3, 0.4) is 0 Å². The second kappa shape index (κ2) is 3.43. The maximum atomic E-state index is 13.2. The fraction of sp³-hybridized carbons (Fsp3) is 0.333. The van der Waals surface area contributed by atoms with Crippen molar-refractivity contribution in [1.82, 2.24) is 4.98 Å². The molecule has 0 saturated carbocycles. The average molecular weight is 167 g/mol. The number of aromatic nitrogens is 1. The zero-order valence-electron chi connectivity index (χ0n) is 7.10. The first kappa shape index (κ1) is 8.84. The quantitative estimate of drug-likeness (QED) is 0.630. The maximum Gasteiger partial charge on any atom is 0.181 e. The predicted octanol–water partition coefficient (Wildman–Crippen LogP) is 1.99. The molecular formula is C9H10FNO. The molecule has 1 rings (SSSR count). The van der Waals surface area contributed by atoms with Crippen LogP contribution in [-0.2, 0) is 6.42 Å². The lowest BCUT2D eigenvalue weighted by atomic mass is 10.1. The molecule has 2 nitrogen and oxygen atoms in total. The van der Waals surface area contributed by atoms with Gasteiger partial charge in [0.1, 0.15) is 5.69 Å². The summed E-state index contributed by atoms with van der Waals surface area (Å²) in [6.07, 6.45) is 2.04. The zero-order chi connectivity index (χ0) is 9.14. The summed E-state index contributed by atoms with van der Waals surface area (Å²) >= 11 is 0. The third-order valence-electron chi connectivity index (χ3n) is 1.68. The highest BCUT2D eigenvalue weighted by Crippen LogP contribution is 2.10. The predicted molar refractivity (Wildman–Crippen MR) is 43.6 cm³/mol. The SMILES string of the molecule is CCc1ccnc(C(C)=O)c1F.